The first kappa shape index (κ1) is 27.7. The van der Waals surface area contributed by atoms with Crippen LogP contribution in [-0.4, -0.2) is 13.1 Å². The van der Waals surface area contributed by atoms with E-state index in [1.165, 1.54) is 19.2 Å². The zero-order valence-electron chi connectivity index (χ0n) is 21.3. The van der Waals surface area contributed by atoms with E-state index in [1.54, 1.807) is 0 Å². The summed E-state index contributed by atoms with van der Waals surface area (Å²) in [6.07, 6.45) is -1.99. The number of benzene rings is 3. The van der Waals surface area contributed by atoms with Crippen LogP contribution in [0.2, 0.25) is 0 Å². The monoisotopic (exact) mass is 528 g/mol. The number of alkyl halides is 3. The average Bonchev–Trinajstić information content (AvgIpc) is 2.96. The molecule has 0 heterocycles. The van der Waals surface area contributed by atoms with Gasteiger partial charge in [0, 0.05) is 5.92 Å². The summed E-state index contributed by atoms with van der Waals surface area (Å²) in [4.78, 5) is 12.8. The summed E-state index contributed by atoms with van der Waals surface area (Å²) >= 11 is 0. The van der Waals surface area contributed by atoms with E-state index in [4.69, 9.17) is 4.74 Å². The van der Waals surface area contributed by atoms with Gasteiger partial charge < -0.3 is 4.74 Å². The van der Waals surface area contributed by atoms with Gasteiger partial charge in [-0.3, -0.25) is 4.79 Å². The number of hydrogen-bond acceptors (Lipinski definition) is 4. The SMILES string of the molecule is COC(=O)C[C@H]1C(c2ccccc2)=CC[C@@H](c2ccc(C(F)(F)F)cc2)[C@@H]1[C@H](c1ccccc1)C(C#N)C#N. The van der Waals surface area contributed by atoms with Gasteiger partial charge in [0.1, 0.15) is 5.92 Å². The highest BCUT2D eigenvalue weighted by molar-refractivity contribution is 5.77. The number of ether oxygens (including phenoxy) is 1. The molecule has 0 spiro atoms. The fourth-order valence-electron chi connectivity index (χ4n) is 5.80. The molecule has 3 aromatic carbocycles. The number of carbonyl (C=O) groups excluding carboxylic acids is 1. The number of esters is 1. The number of nitrogens with zero attached hydrogens (tertiary/aromatic N) is 2. The van der Waals surface area contributed by atoms with Crippen molar-refractivity contribution < 1.29 is 22.7 Å². The predicted molar refractivity (Wildman–Crippen MR) is 141 cm³/mol. The standard InChI is InChI=1S/C32H27F3N2O2/c1-39-29(38)18-28-26(21-8-4-2-5-9-21)16-17-27(22-12-14-25(15-13-22)32(33,34)35)31(28)30(24(19-36)20-37)23-10-6-3-7-11-23/h2-16,24,27-28,30-31H,17-18H2,1H3/t27-,28-,30+,31-/m0/s1. The van der Waals surface area contributed by atoms with Crippen molar-refractivity contribution >= 4 is 11.5 Å². The second kappa shape index (κ2) is 12.0. The Morgan fingerprint density at radius 2 is 1.54 bits per heavy atom. The molecule has 198 valence electrons. The van der Waals surface area contributed by atoms with E-state index in [-0.39, 0.29) is 12.3 Å². The second-order valence-electron chi connectivity index (χ2n) is 9.62. The average molecular weight is 529 g/mol. The van der Waals surface area contributed by atoms with Crippen molar-refractivity contribution in [1.82, 2.24) is 0 Å². The first-order valence-corrected chi connectivity index (χ1v) is 12.6. The van der Waals surface area contributed by atoms with Gasteiger partial charge in [-0.15, -0.1) is 0 Å². The minimum Gasteiger partial charge on any atom is -0.469 e. The molecule has 1 aliphatic rings. The zero-order chi connectivity index (χ0) is 28.0. The van der Waals surface area contributed by atoms with Crippen LogP contribution in [0, 0.1) is 40.4 Å². The molecule has 4 atom stereocenters. The number of methoxy groups -OCH3 is 1. The van der Waals surface area contributed by atoms with E-state index in [9.17, 15) is 28.5 Å². The Hall–Kier alpha value is -4.36. The van der Waals surface area contributed by atoms with E-state index in [2.05, 4.69) is 12.1 Å². The lowest BCUT2D eigenvalue weighted by atomic mass is 9.59. The van der Waals surface area contributed by atoms with Gasteiger partial charge in [-0.1, -0.05) is 78.9 Å². The third-order valence-corrected chi connectivity index (χ3v) is 7.54. The van der Waals surface area contributed by atoms with Gasteiger partial charge in [-0.2, -0.15) is 23.7 Å². The largest absolute Gasteiger partial charge is 0.469 e. The fraction of sp³-hybridized carbons (Fsp3) is 0.281. The second-order valence-corrected chi connectivity index (χ2v) is 9.62. The van der Waals surface area contributed by atoms with Gasteiger partial charge in [0.2, 0.25) is 0 Å². The molecule has 7 heteroatoms. The summed E-state index contributed by atoms with van der Waals surface area (Å²) in [5.41, 5.74) is 2.46. The van der Waals surface area contributed by atoms with Crippen molar-refractivity contribution in [2.75, 3.05) is 7.11 Å². The van der Waals surface area contributed by atoms with E-state index in [1.807, 2.05) is 66.7 Å². The maximum atomic E-state index is 13.3. The Kier molecular flexibility index (Phi) is 8.52. The molecule has 0 bridgehead atoms. The van der Waals surface area contributed by atoms with Crippen LogP contribution in [0.1, 0.15) is 46.9 Å². The molecular formula is C32H27F3N2O2. The number of nitriles is 2. The molecule has 0 N–H and O–H groups in total. The highest BCUT2D eigenvalue weighted by atomic mass is 19.4. The molecule has 0 amide bonds. The van der Waals surface area contributed by atoms with E-state index >= 15 is 0 Å². The van der Waals surface area contributed by atoms with Crippen LogP contribution in [0.15, 0.2) is 91.0 Å². The molecule has 0 unspecified atom stereocenters. The molecule has 0 radical (unpaired) electrons. The first-order valence-electron chi connectivity index (χ1n) is 12.6. The van der Waals surface area contributed by atoms with E-state index in [0.29, 0.717) is 12.0 Å². The number of allylic oxidation sites excluding steroid dienone is 2. The summed E-state index contributed by atoms with van der Waals surface area (Å²) in [6.45, 7) is 0. The Bertz CT molecular complexity index is 1370. The molecule has 3 aromatic rings. The highest BCUT2D eigenvalue weighted by Gasteiger charge is 2.45. The zero-order valence-corrected chi connectivity index (χ0v) is 21.3. The van der Waals surface area contributed by atoms with Crippen LogP contribution in [0.3, 0.4) is 0 Å². The number of hydrogen-bond donors (Lipinski definition) is 0. The Labute approximate surface area is 226 Å². The summed E-state index contributed by atoms with van der Waals surface area (Å²) in [6, 6.07) is 28.1. The minimum absolute atomic E-state index is 0.00800. The molecular weight excluding hydrogens is 501 g/mol. The Balaban J connectivity index is 1.95. The summed E-state index contributed by atoms with van der Waals surface area (Å²) in [5.74, 6) is -3.40. The first-order chi connectivity index (χ1) is 18.8. The molecule has 0 fully saturated rings. The van der Waals surface area contributed by atoms with Crippen molar-refractivity contribution in [1.29, 1.82) is 10.5 Å². The minimum atomic E-state index is -4.47. The van der Waals surface area contributed by atoms with Gasteiger partial charge in [0.25, 0.3) is 0 Å². The maximum absolute atomic E-state index is 13.3. The van der Waals surface area contributed by atoms with E-state index < -0.39 is 41.4 Å². The van der Waals surface area contributed by atoms with Crippen molar-refractivity contribution in [3.63, 3.8) is 0 Å². The van der Waals surface area contributed by atoms with Crippen LogP contribution < -0.4 is 0 Å². The Morgan fingerprint density at radius 3 is 2.08 bits per heavy atom. The van der Waals surface area contributed by atoms with Crippen LogP contribution >= 0.6 is 0 Å². The lowest BCUT2D eigenvalue weighted by molar-refractivity contribution is -0.142. The van der Waals surface area contributed by atoms with Crippen molar-refractivity contribution in [3.05, 3.63) is 113 Å². The molecule has 0 saturated heterocycles. The normalized spacial score (nSPS) is 19.9. The van der Waals surface area contributed by atoms with Crippen molar-refractivity contribution in [3.8, 4) is 12.1 Å². The summed E-state index contributed by atoms with van der Waals surface area (Å²) < 4.78 is 45.1. The lowest BCUT2D eigenvalue weighted by Crippen LogP contribution is -2.36. The third kappa shape index (κ3) is 6.04. The lowest BCUT2D eigenvalue weighted by Gasteiger charge is -2.44. The van der Waals surface area contributed by atoms with Gasteiger partial charge in [0.05, 0.1) is 31.2 Å². The molecule has 0 aliphatic heterocycles. The Morgan fingerprint density at radius 1 is 0.949 bits per heavy atom. The molecule has 4 rings (SSSR count). The van der Waals surface area contributed by atoms with Crippen LogP contribution in [0.25, 0.3) is 5.57 Å². The smallest absolute Gasteiger partial charge is 0.416 e. The van der Waals surface area contributed by atoms with Crippen LogP contribution in [0.4, 0.5) is 13.2 Å². The molecule has 4 nitrogen and oxygen atoms in total. The number of carbonyl (C=O) groups is 1. The molecule has 1 aliphatic carbocycles. The third-order valence-electron chi connectivity index (χ3n) is 7.54. The topological polar surface area (TPSA) is 73.9 Å². The number of rotatable bonds is 7. The summed E-state index contributed by atoms with van der Waals surface area (Å²) in [5, 5.41) is 20.1. The highest BCUT2D eigenvalue weighted by Crippen LogP contribution is 2.54. The van der Waals surface area contributed by atoms with Crippen molar-refractivity contribution in [2.24, 2.45) is 17.8 Å². The molecule has 39 heavy (non-hydrogen) atoms. The van der Waals surface area contributed by atoms with Crippen LogP contribution in [0.5, 0.6) is 0 Å². The van der Waals surface area contributed by atoms with Gasteiger partial charge in [0.15, 0.2) is 0 Å². The molecule has 0 aromatic heterocycles. The fourth-order valence-corrected chi connectivity index (χ4v) is 5.80. The van der Waals surface area contributed by atoms with Crippen LogP contribution in [-0.2, 0) is 15.7 Å². The van der Waals surface area contributed by atoms with Gasteiger partial charge in [-0.05, 0) is 58.6 Å². The predicted octanol–water partition coefficient (Wildman–Crippen LogP) is 7.52. The van der Waals surface area contributed by atoms with Gasteiger partial charge >= 0.3 is 12.1 Å². The van der Waals surface area contributed by atoms with E-state index in [0.717, 1.165) is 28.8 Å². The quantitative estimate of drug-likeness (QED) is 0.297. The number of halogens is 3. The maximum Gasteiger partial charge on any atom is 0.416 e. The van der Waals surface area contributed by atoms with Crippen molar-refractivity contribution in [2.45, 2.75) is 30.9 Å². The van der Waals surface area contributed by atoms with Gasteiger partial charge in [-0.25, -0.2) is 0 Å². The summed E-state index contributed by atoms with van der Waals surface area (Å²) in [7, 11) is 1.31. The molecule has 0 saturated carbocycles.